The highest BCUT2D eigenvalue weighted by atomic mass is 16.5. The van der Waals surface area contributed by atoms with Crippen LogP contribution in [0.2, 0.25) is 0 Å². The molecule has 0 spiro atoms. The molecule has 0 saturated heterocycles. The Bertz CT molecular complexity index is 366. The summed E-state index contributed by atoms with van der Waals surface area (Å²) in [5, 5.41) is 3.03. The lowest BCUT2D eigenvalue weighted by molar-refractivity contribution is 0.223. The maximum absolute atomic E-state index is 5.57. The number of aromatic nitrogens is 3. The van der Waals surface area contributed by atoms with Crippen LogP contribution in [0.25, 0.3) is 0 Å². The summed E-state index contributed by atoms with van der Waals surface area (Å²) in [6, 6.07) is 0.595. The van der Waals surface area contributed by atoms with Gasteiger partial charge in [-0.1, -0.05) is 20.8 Å². The molecule has 0 bridgehead atoms. The minimum absolute atomic E-state index is 0.222. The fourth-order valence-electron chi connectivity index (χ4n) is 1.28. The van der Waals surface area contributed by atoms with Crippen LogP contribution in [-0.2, 0) is 0 Å². The van der Waals surface area contributed by atoms with Crippen molar-refractivity contribution in [2.75, 3.05) is 25.1 Å². The summed E-state index contributed by atoms with van der Waals surface area (Å²) >= 11 is 0. The van der Waals surface area contributed by atoms with E-state index in [1.807, 2.05) is 13.8 Å². The third-order valence-electron chi connectivity index (χ3n) is 2.29. The molecule has 1 heterocycles. The average molecular weight is 268 g/mol. The van der Waals surface area contributed by atoms with Crippen molar-refractivity contribution in [2.45, 2.75) is 41.0 Å². The molecule has 0 aliphatic carbocycles. The topological polar surface area (TPSA) is 69.2 Å². The Morgan fingerprint density at radius 2 is 1.63 bits per heavy atom. The van der Waals surface area contributed by atoms with Crippen LogP contribution >= 0.6 is 0 Å². The summed E-state index contributed by atoms with van der Waals surface area (Å²) in [4.78, 5) is 12.4. The molecule has 0 saturated carbocycles. The predicted molar refractivity (Wildman–Crippen MR) is 74.7 cm³/mol. The minimum atomic E-state index is 0.222. The molecule has 1 aromatic heterocycles. The van der Waals surface area contributed by atoms with Crippen LogP contribution in [-0.4, -0.2) is 34.7 Å². The summed E-state index contributed by atoms with van der Waals surface area (Å²) in [5.41, 5.74) is 0.222. The van der Waals surface area contributed by atoms with E-state index in [0.29, 0.717) is 31.2 Å². The van der Waals surface area contributed by atoms with E-state index >= 15 is 0 Å². The monoisotopic (exact) mass is 268 g/mol. The Balaban J connectivity index is 2.69. The molecule has 0 atom stereocenters. The van der Waals surface area contributed by atoms with E-state index in [-0.39, 0.29) is 5.41 Å². The standard InChI is InChI=1S/C13H24N4O2/c1-6-14-10-15-11(18-7-2)17-12(16-10)19-9-8-13(3,4)5/h6-9H2,1-5H3,(H,14,15,16,17). The van der Waals surface area contributed by atoms with Crippen molar-refractivity contribution >= 4 is 5.95 Å². The van der Waals surface area contributed by atoms with Crippen molar-refractivity contribution in [3.63, 3.8) is 0 Å². The SMILES string of the molecule is CCNc1nc(OCC)nc(OCCC(C)(C)C)n1. The molecule has 0 radical (unpaired) electrons. The predicted octanol–water partition coefficient (Wildman–Crippen LogP) is 2.52. The van der Waals surface area contributed by atoms with E-state index in [1.54, 1.807) is 0 Å². The van der Waals surface area contributed by atoms with Gasteiger partial charge in [0.1, 0.15) is 0 Å². The van der Waals surface area contributed by atoms with Gasteiger partial charge in [-0.15, -0.1) is 4.98 Å². The number of rotatable bonds is 7. The molecule has 108 valence electrons. The minimum Gasteiger partial charge on any atom is -0.464 e. The number of hydrogen-bond acceptors (Lipinski definition) is 6. The van der Waals surface area contributed by atoms with Gasteiger partial charge in [-0.25, -0.2) is 0 Å². The fourth-order valence-corrected chi connectivity index (χ4v) is 1.28. The van der Waals surface area contributed by atoms with Gasteiger partial charge in [-0.05, 0) is 25.7 Å². The molecule has 0 aromatic carbocycles. The normalized spacial score (nSPS) is 11.2. The van der Waals surface area contributed by atoms with Crippen LogP contribution in [0.5, 0.6) is 12.0 Å². The summed E-state index contributed by atoms with van der Waals surface area (Å²) in [6.07, 6.45) is 0.930. The molecule has 0 amide bonds. The highest BCUT2D eigenvalue weighted by Gasteiger charge is 2.12. The summed E-state index contributed by atoms with van der Waals surface area (Å²) in [5.74, 6) is 0.478. The van der Waals surface area contributed by atoms with Crippen LogP contribution in [0.3, 0.4) is 0 Å². The molecule has 0 unspecified atom stereocenters. The molecule has 1 rings (SSSR count). The van der Waals surface area contributed by atoms with E-state index in [4.69, 9.17) is 9.47 Å². The second kappa shape index (κ2) is 7.11. The van der Waals surface area contributed by atoms with Gasteiger partial charge in [-0.3, -0.25) is 0 Å². The average Bonchev–Trinajstić information content (AvgIpc) is 2.28. The first kappa shape index (κ1) is 15.5. The number of nitrogens with one attached hydrogen (secondary N) is 1. The van der Waals surface area contributed by atoms with Crippen LogP contribution in [0.4, 0.5) is 5.95 Å². The Morgan fingerprint density at radius 1 is 1.00 bits per heavy atom. The van der Waals surface area contributed by atoms with Gasteiger partial charge >= 0.3 is 12.0 Å². The zero-order valence-corrected chi connectivity index (χ0v) is 12.5. The van der Waals surface area contributed by atoms with E-state index in [1.165, 1.54) is 0 Å². The van der Waals surface area contributed by atoms with E-state index in [9.17, 15) is 0 Å². The van der Waals surface area contributed by atoms with Crippen molar-refractivity contribution in [1.29, 1.82) is 0 Å². The fraction of sp³-hybridized carbons (Fsp3) is 0.769. The number of anilines is 1. The first-order valence-electron chi connectivity index (χ1n) is 6.70. The van der Waals surface area contributed by atoms with E-state index in [2.05, 4.69) is 41.0 Å². The molecular formula is C13H24N4O2. The zero-order valence-electron chi connectivity index (χ0n) is 12.5. The van der Waals surface area contributed by atoms with Gasteiger partial charge < -0.3 is 14.8 Å². The number of ether oxygens (including phenoxy) is 2. The summed E-state index contributed by atoms with van der Waals surface area (Å²) in [6.45, 7) is 12.2. The smallest absolute Gasteiger partial charge is 0.324 e. The van der Waals surface area contributed by atoms with E-state index in [0.717, 1.165) is 13.0 Å². The lowest BCUT2D eigenvalue weighted by Gasteiger charge is -2.17. The van der Waals surface area contributed by atoms with Crippen LogP contribution < -0.4 is 14.8 Å². The Labute approximate surface area is 115 Å². The number of nitrogens with zero attached hydrogens (tertiary/aromatic N) is 3. The van der Waals surface area contributed by atoms with Gasteiger partial charge in [0.25, 0.3) is 0 Å². The van der Waals surface area contributed by atoms with Gasteiger partial charge in [0.2, 0.25) is 5.95 Å². The van der Waals surface area contributed by atoms with Crippen LogP contribution in [0, 0.1) is 5.41 Å². The van der Waals surface area contributed by atoms with Crippen molar-refractivity contribution in [3.8, 4) is 12.0 Å². The van der Waals surface area contributed by atoms with Crippen molar-refractivity contribution in [2.24, 2.45) is 5.41 Å². The van der Waals surface area contributed by atoms with Crippen LogP contribution in [0.1, 0.15) is 41.0 Å². The molecular weight excluding hydrogens is 244 g/mol. The first-order chi connectivity index (χ1) is 8.94. The Hall–Kier alpha value is -1.59. The van der Waals surface area contributed by atoms with Gasteiger partial charge in [0, 0.05) is 6.54 Å². The quantitative estimate of drug-likeness (QED) is 0.819. The lowest BCUT2D eigenvalue weighted by Crippen LogP contribution is -2.13. The molecule has 0 aliphatic heterocycles. The van der Waals surface area contributed by atoms with E-state index < -0.39 is 0 Å². The highest BCUT2D eigenvalue weighted by molar-refractivity contribution is 5.27. The highest BCUT2D eigenvalue weighted by Crippen LogP contribution is 2.19. The Morgan fingerprint density at radius 3 is 2.16 bits per heavy atom. The molecule has 0 aliphatic rings. The zero-order chi connectivity index (χ0) is 14.3. The second-order valence-corrected chi connectivity index (χ2v) is 5.35. The van der Waals surface area contributed by atoms with Gasteiger partial charge in [0.05, 0.1) is 13.2 Å². The van der Waals surface area contributed by atoms with Crippen molar-refractivity contribution in [1.82, 2.24) is 15.0 Å². The summed E-state index contributed by atoms with van der Waals surface area (Å²) in [7, 11) is 0. The molecule has 19 heavy (non-hydrogen) atoms. The molecule has 0 fully saturated rings. The maximum Gasteiger partial charge on any atom is 0.324 e. The molecule has 6 heteroatoms. The third kappa shape index (κ3) is 6.22. The van der Waals surface area contributed by atoms with Gasteiger partial charge in [-0.2, -0.15) is 9.97 Å². The molecule has 6 nitrogen and oxygen atoms in total. The van der Waals surface area contributed by atoms with Crippen molar-refractivity contribution in [3.05, 3.63) is 0 Å². The molecule has 1 aromatic rings. The lowest BCUT2D eigenvalue weighted by atomic mass is 9.93. The maximum atomic E-state index is 5.57. The molecule has 1 N–H and O–H groups in total. The Kier molecular flexibility index (Phi) is 5.79. The number of hydrogen-bond donors (Lipinski definition) is 1. The summed E-state index contributed by atoms with van der Waals surface area (Å²) < 4.78 is 10.9. The largest absolute Gasteiger partial charge is 0.464 e. The second-order valence-electron chi connectivity index (χ2n) is 5.35. The first-order valence-corrected chi connectivity index (χ1v) is 6.70. The van der Waals surface area contributed by atoms with Crippen molar-refractivity contribution < 1.29 is 9.47 Å². The van der Waals surface area contributed by atoms with Gasteiger partial charge in [0.15, 0.2) is 0 Å². The van der Waals surface area contributed by atoms with Crippen LogP contribution in [0.15, 0.2) is 0 Å². The third-order valence-corrected chi connectivity index (χ3v) is 2.29.